The Balaban J connectivity index is 2.82. The van der Waals surface area contributed by atoms with Crippen molar-refractivity contribution in [2.75, 3.05) is 6.61 Å². The van der Waals surface area contributed by atoms with E-state index in [2.05, 4.69) is 5.92 Å². The van der Waals surface area contributed by atoms with Crippen molar-refractivity contribution in [1.29, 1.82) is 0 Å². The molecule has 64 valence electrons. The molecule has 1 atom stereocenters. The van der Waals surface area contributed by atoms with Crippen molar-refractivity contribution >= 4 is 0 Å². The molecule has 1 heterocycles. The number of allylic oxidation sites excluding steroid dienone is 2. The summed E-state index contributed by atoms with van der Waals surface area (Å²) in [6.07, 6.45) is 9.45. The molecule has 1 aliphatic rings. The van der Waals surface area contributed by atoms with Crippen LogP contribution in [0.25, 0.3) is 0 Å². The van der Waals surface area contributed by atoms with Crippen LogP contribution in [0, 0.1) is 12.3 Å². The van der Waals surface area contributed by atoms with Gasteiger partial charge in [0.1, 0.15) is 0 Å². The minimum absolute atomic E-state index is 0.0725. The standard InChI is InChI=1S/C10H13NO/c1-3-4-5-9-8(2)12-7-6-10(9)11/h1,4-5,10H,6-7,11H2,2H3/b5-4-. The third-order valence-electron chi connectivity index (χ3n) is 1.91. The Labute approximate surface area is 73.1 Å². The van der Waals surface area contributed by atoms with Crippen molar-refractivity contribution in [2.45, 2.75) is 19.4 Å². The highest BCUT2D eigenvalue weighted by Gasteiger charge is 2.15. The smallest absolute Gasteiger partial charge is 0.0976 e. The number of ether oxygens (including phenoxy) is 1. The number of hydrogen-bond acceptors (Lipinski definition) is 2. The quantitative estimate of drug-likeness (QED) is 0.589. The van der Waals surface area contributed by atoms with E-state index in [9.17, 15) is 0 Å². The first-order valence-corrected chi connectivity index (χ1v) is 3.97. The van der Waals surface area contributed by atoms with Crippen LogP contribution in [-0.2, 0) is 4.74 Å². The number of hydrogen-bond donors (Lipinski definition) is 1. The summed E-state index contributed by atoms with van der Waals surface area (Å²) in [4.78, 5) is 0. The van der Waals surface area contributed by atoms with Gasteiger partial charge >= 0.3 is 0 Å². The van der Waals surface area contributed by atoms with Gasteiger partial charge in [-0.25, -0.2) is 0 Å². The van der Waals surface area contributed by atoms with Gasteiger partial charge in [-0.1, -0.05) is 5.92 Å². The van der Waals surface area contributed by atoms with Gasteiger partial charge in [0.2, 0.25) is 0 Å². The molecule has 1 unspecified atom stereocenters. The van der Waals surface area contributed by atoms with E-state index >= 15 is 0 Å². The molecule has 0 amide bonds. The summed E-state index contributed by atoms with van der Waals surface area (Å²) in [5, 5.41) is 0. The van der Waals surface area contributed by atoms with Crippen LogP contribution in [0.5, 0.6) is 0 Å². The minimum Gasteiger partial charge on any atom is -0.498 e. The summed E-state index contributed by atoms with van der Waals surface area (Å²) in [5.41, 5.74) is 6.87. The number of rotatable bonds is 1. The fourth-order valence-corrected chi connectivity index (χ4v) is 1.22. The zero-order chi connectivity index (χ0) is 8.97. The molecule has 0 aliphatic carbocycles. The van der Waals surface area contributed by atoms with Crippen LogP contribution in [0.2, 0.25) is 0 Å². The molecule has 2 nitrogen and oxygen atoms in total. The number of nitrogens with two attached hydrogens (primary N) is 1. The van der Waals surface area contributed by atoms with Crippen LogP contribution in [0.15, 0.2) is 23.5 Å². The average Bonchev–Trinajstić information content (AvgIpc) is 2.04. The first-order valence-electron chi connectivity index (χ1n) is 3.97. The van der Waals surface area contributed by atoms with Crippen molar-refractivity contribution < 1.29 is 4.74 Å². The molecule has 0 fully saturated rings. The topological polar surface area (TPSA) is 35.2 Å². The molecule has 0 radical (unpaired) electrons. The van der Waals surface area contributed by atoms with Gasteiger partial charge in [0.25, 0.3) is 0 Å². The van der Waals surface area contributed by atoms with E-state index < -0.39 is 0 Å². The lowest BCUT2D eigenvalue weighted by Gasteiger charge is -2.22. The molecule has 0 spiro atoms. The Morgan fingerprint density at radius 3 is 3.08 bits per heavy atom. The molecule has 0 aromatic heterocycles. The summed E-state index contributed by atoms with van der Waals surface area (Å²) in [5.74, 6) is 3.32. The van der Waals surface area contributed by atoms with Crippen LogP contribution < -0.4 is 5.73 Å². The van der Waals surface area contributed by atoms with Crippen LogP contribution >= 0.6 is 0 Å². The molecule has 0 saturated heterocycles. The molecule has 2 N–H and O–H groups in total. The summed E-state index contributed by atoms with van der Waals surface area (Å²) < 4.78 is 5.34. The van der Waals surface area contributed by atoms with Gasteiger partial charge in [0.05, 0.1) is 12.4 Å². The SMILES string of the molecule is C#C/C=C\C1=C(C)OCCC1N. The summed E-state index contributed by atoms with van der Waals surface area (Å²) >= 11 is 0. The highest BCUT2D eigenvalue weighted by Crippen LogP contribution is 2.18. The Morgan fingerprint density at radius 2 is 2.50 bits per heavy atom. The zero-order valence-corrected chi connectivity index (χ0v) is 7.21. The van der Waals surface area contributed by atoms with Gasteiger partial charge < -0.3 is 10.5 Å². The van der Waals surface area contributed by atoms with E-state index in [1.165, 1.54) is 0 Å². The maximum Gasteiger partial charge on any atom is 0.0976 e. The van der Waals surface area contributed by atoms with Crippen molar-refractivity contribution in [3.8, 4) is 12.3 Å². The lowest BCUT2D eigenvalue weighted by atomic mass is 10.0. The Bertz CT molecular complexity index is 258. The fraction of sp³-hybridized carbons (Fsp3) is 0.400. The normalized spacial score (nSPS) is 23.9. The van der Waals surface area contributed by atoms with Crippen molar-refractivity contribution in [2.24, 2.45) is 5.73 Å². The number of terminal acetylenes is 1. The second-order valence-electron chi connectivity index (χ2n) is 2.76. The van der Waals surface area contributed by atoms with E-state index in [4.69, 9.17) is 16.9 Å². The average molecular weight is 163 g/mol. The molecule has 0 aromatic rings. The minimum atomic E-state index is 0.0725. The molecule has 0 aromatic carbocycles. The van der Waals surface area contributed by atoms with E-state index in [1.54, 1.807) is 6.08 Å². The van der Waals surface area contributed by atoms with Crippen LogP contribution in [0.1, 0.15) is 13.3 Å². The monoisotopic (exact) mass is 163 g/mol. The van der Waals surface area contributed by atoms with E-state index in [0.717, 1.165) is 17.8 Å². The van der Waals surface area contributed by atoms with Gasteiger partial charge in [-0.3, -0.25) is 0 Å². The van der Waals surface area contributed by atoms with Crippen molar-refractivity contribution in [3.05, 3.63) is 23.5 Å². The maximum absolute atomic E-state index is 5.85. The summed E-state index contributed by atoms with van der Waals surface area (Å²) in [6, 6.07) is 0.0725. The zero-order valence-electron chi connectivity index (χ0n) is 7.21. The van der Waals surface area contributed by atoms with Gasteiger partial charge in [0, 0.05) is 18.0 Å². The second-order valence-corrected chi connectivity index (χ2v) is 2.76. The molecule has 0 saturated carbocycles. The largest absolute Gasteiger partial charge is 0.498 e. The lowest BCUT2D eigenvalue weighted by molar-refractivity contribution is 0.184. The van der Waals surface area contributed by atoms with Gasteiger partial charge in [-0.05, 0) is 19.1 Å². The first kappa shape index (κ1) is 8.89. The third kappa shape index (κ3) is 1.90. The van der Waals surface area contributed by atoms with Crippen molar-refractivity contribution in [1.82, 2.24) is 0 Å². The molecule has 12 heavy (non-hydrogen) atoms. The van der Waals surface area contributed by atoms with Crippen LogP contribution in [0.4, 0.5) is 0 Å². The van der Waals surface area contributed by atoms with Crippen LogP contribution in [-0.4, -0.2) is 12.6 Å². The molecule has 2 heteroatoms. The molecule has 1 aliphatic heterocycles. The fourth-order valence-electron chi connectivity index (χ4n) is 1.22. The van der Waals surface area contributed by atoms with Gasteiger partial charge in [-0.15, -0.1) is 6.42 Å². The van der Waals surface area contributed by atoms with Crippen molar-refractivity contribution in [3.63, 3.8) is 0 Å². The first-order chi connectivity index (χ1) is 5.75. The predicted molar refractivity (Wildman–Crippen MR) is 49.2 cm³/mol. The summed E-state index contributed by atoms with van der Waals surface area (Å²) in [6.45, 7) is 2.62. The Kier molecular flexibility index (Phi) is 2.95. The van der Waals surface area contributed by atoms with E-state index in [-0.39, 0.29) is 6.04 Å². The third-order valence-corrected chi connectivity index (χ3v) is 1.91. The van der Waals surface area contributed by atoms with E-state index in [0.29, 0.717) is 6.61 Å². The Hall–Kier alpha value is -1.20. The van der Waals surface area contributed by atoms with E-state index in [1.807, 2.05) is 13.0 Å². The Morgan fingerprint density at radius 1 is 1.75 bits per heavy atom. The molecule has 1 rings (SSSR count). The second kappa shape index (κ2) is 3.99. The van der Waals surface area contributed by atoms with Gasteiger partial charge in [0.15, 0.2) is 0 Å². The summed E-state index contributed by atoms with van der Waals surface area (Å²) in [7, 11) is 0. The van der Waals surface area contributed by atoms with Gasteiger partial charge in [-0.2, -0.15) is 0 Å². The lowest BCUT2D eigenvalue weighted by Crippen LogP contribution is -2.28. The highest BCUT2D eigenvalue weighted by atomic mass is 16.5. The van der Waals surface area contributed by atoms with Crippen LogP contribution in [0.3, 0.4) is 0 Å². The predicted octanol–water partition coefficient (Wildman–Crippen LogP) is 1.20. The molecular formula is C10H13NO. The highest BCUT2D eigenvalue weighted by molar-refractivity contribution is 5.31. The maximum atomic E-state index is 5.85. The molecule has 0 bridgehead atoms. The molecular weight excluding hydrogens is 150 g/mol.